The lowest BCUT2D eigenvalue weighted by Crippen LogP contribution is -2.10. The third-order valence-electron chi connectivity index (χ3n) is 1.82. The van der Waals surface area contributed by atoms with Gasteiger partial charge in [0.15, 0.2) is 0 Å². The number of hydrogen-bond donors (Lipinski definition) is 0. The monoisotopic (exact) mass is 193 g/mol. The van der Waals surface area contributed by atoms with Crippen molar-refractivity contribution in [1.29, 1.82) is 0 Å². The minimum Gasteiger partial charge on any atom is -0.412 e. The molecule has 6 heteroatoms. The van der Waals surface area contributed by atoms with Crippen LogP contribution in [0.3, 0.4) is 0 Å². The lowest BCUT2D eigenvalue weighted by atomic mass is 10.1. The van der Waals surface area contributed by atoms with Gasteiger partial charge < -0.3 is 4.74 Å². The van der Waals surface area contributed by atoms with Crippen molar-refractivity contribution in [2.24, 2.45) is 0 Å². The zero-order valence-corrected chi connectivity index (χ0v) is 6.72. The quantitative estimate of drug-likeness (QED) is 0.215. The number of rotatable bonds is 1. The van der Waals surface area contributed by atoms with Gasteiger partial charge in [0.2, 0.25) is 5.75 Å². The Labute approximate surface area is 77.2 Å². The summed E-state index contributed by atoms with van der Waals surface area (Å²) in [6.45, 7) is 0. The molecular weight excluding hydrogens is 190 g/mol. The van der Waals surface area contributed by atoms with E-state index in [-0.39, 0.29) is 17.0 Å². The van der Waals surface area contributed by atoms with E-state index in [9.17, 15) is 19.7 Å². The Morgan fingerprint density at radius 3 is 2.64 bits per heavy atom. The number of ether oxygens (including phenoxy) is 1. The molecule has 0 atom stereocenters. The van der Waals surface area contributed by atoms with Crippen molar-refractivity contribution in [3.63, 3.8) is 0 Å². The van der Waals surface area contributed by atoms with Gasteiger partial charge in [-0.2, -0.15) is 0 Å². The highest BCUT2D eigenvalue weighted by Crippen LogP contribution is 2.35. The first-order valence-electron chi connectivity index (χ1n) is 3.65. The minimum absolute atomic E-state index is 0.0517. The van der Waals surface area contributed by atoms with Crippen LogP contribution in [0.15, 0.2) is 18.2 Å². The molecule has 70 valence electrons. The number of carbonyl (C=O) groups is 2. The van der Waals surface area contributed by atoms with Gasteiger partial charge in [0.05, 0.1) is 10.5 Å². The number of nitro groups is 1. The molecule has 0 radical (unpaired) electrons. The van der Waals surface area contributed by atoms with Crippen LogP contribution in [0.25, 0.3) is 0 Å². The molecular formula is C8H3NO5. The van der Waals surface area contributed by atoms with Crippen molar-refractivity contribution in [1.82, 2.24) is 0 Å². The third-order valence-corrected chi connectivity index (χ3v) is 1.82. The molecule has 0 fully saturated rings. The molecule has 0 unspecified atom stereocenters. The van der Waals surface area contributed by atoms with Crippen LogP contribution in [0, 0.1) is 10.1 Å². The first kappa shape index (κ1) is 8.36. The van der Waals surface area contributed by atoms with Crippen molar-refractivity contribution in [2.45, 2.75) is 0 Å². The van der Waals surface area contributed by atoms with Gasteiger partial charge in [-0.15, -0.1) is 0 Å². The van der Waals surface area contributed by atoms with E-state index in [2.05, 4.69) is 4.74 Å². The molecule has 6 nitrogen and oxygen atoms in total. The highest BCUT2D eigenvalue weighted by atomic mass is 16.6. The maximum Gasteiger partial charge on any atom is 0.385 e. The molecule has 1 aromatic carbocycles. The zero-order chi connectivity index (χ0) is 10.3. The van der Waals surface area contributed by atoms with Crippen molar-refractivity contribution >= 4 is 17.4 Å². The van der Waals surface area contributed by atoms with Crippen LogP contribution in [0.4, 0.5) is 5.69 Å². The first-order valence-corrected chi connectivity index (χ1v) is 3.65. The summed E-state index contributed by atoms with van der Waals surface area (Å²) >= 11 is 0. The molecule has 0 N–H and O–H groups in total. The SMILES string of the molecule is O=C1Oc2c(cccc2[N+](=O)[O-])C1=O. The van der Waals surface area contributed by atoms with Gasteiger partial charge in [-0.3, -0.25) is 14.9 Å². The van der Waals surface area contributed by atoms with Crippen LogP contribution in [-0.2, 0) is 4.79 Å². The van der Waals surface area contributed by atoms with Crippen LogP contribution in [0.1, 0.15) is 10.4 Å². The molecule has 0 aromatic heterocycles. The van der Waals surface area contributed by atoms with Gasteiger partial charge in [0, 0.05) is 6.07 Å². The van der Waals surface area contributed by atoms with E-state index in [0.29, 0.717) is 0 Å². The highest BCUT2D eigenvalue weighted by molar-refractivity contribution is 6.44. The smallest absolute Gasteiger partial charge is 0.385 e. The van der Waals surface area contributed by atoms with Crippen LogP contribution in [-0.4, -0.2) is 16.7 Å². The number of ketones is 1. The van der Waals surface area contributed by atoms with Crippen LogP contribution in [0.5, 0.6) is 5.75 Å². The maximum atomic E-state index is 11.1. The van der Waals surface area contributed by atoms with Crippen molar-refractivity contribution in [2.75, 3.05) is 0 Å². The molecule has 0 saturated carbocycles. The molecule has 14 heavy (non-hydrogen) atoms. The van der Waals surface area contributed by atoms with E-state index >= 15 is 0 Å². The van der Waals surface area contributed by atoms with Gasteiger partial charge in [-0.25, -0.2) is 4.79 Å². The Balaban J connectivity index is 2.67. The molecule has 1 heterocycles. The standard InChI is InChI=1S/C8H3NO5/c10-6-4-2-1-3-5(9(12)13)7(4)14-8(6)11/h1-3H. The Hall–Kier alpha value is -2.24. The van der Waals surface area contributed by atoms with E-state index in [4.69, 9.17) is 0 Å². The largest absolute Gasteiger partial charge is 0.412 e. The fourth-order valence-corrected chi connectivity index (χ4v) is 1.20. The first-order chi connectivity index (χ1) is 6.61. The average Bonchev–Trinajstić information content (AvgIpc) is 2.43. The number of carbonyl (C=O) groups excluding carboxylic acids is 2. The molecule has 0 amide bonds. The normalized spacial score (nSPS) is 13.7. The lowest BCUT2D eigenvalue weighted by molar-refractivity contribution is -0.385. The van der Waals surface area contributed by atoms with Gasteiger partial charge in [0.25, 0.3) is 5.78 Å². The number of benzene rings is 1. The molecule has 1 aromatic rings. The van der Waals surface area contributed by atoms with Crippen LogP contribution < -0.4 is 4.74 Å². The molecule has 1 aliphatic rings. The van der Waals surface area contributed by atoms with Crippen molar-refractivity contribution in [3.8, 4) is 5.75 Å². The molecule has 0 saturated heterocycles. The summed E-state index contributed by atoms with van der Waals surface area (Å²) in [6, 6.07) is 3.82. The Kier molecular flexibility index (Phi) is 1.57. The summed E-state index contributed by atoms with van der Waals surface area (Å²) in [6.07, 6.45) is 0. The Morgan fingerprint density at radius 1 is 1.29 bits per heavy atom. The van der Waals surface area contributed by atoms with E-state index in [0.717, 1.165) is 0 Å². The number of esters is 1. The summed E-state index contributed by atoms with van der Waals surface area (Å²) in [5, 5.41) is 10.5. The lowest BCUT2D eigenvalue weighted by Gasteiger charge is -1.95. The topological polar surface area (TPSA) is 86.5 Å². The van der Waals surface area contributed by atoms with Gasteiger partial charge in [0.1, 0.15) is 0 Å². The predicted molar refractivity (Wildman–Crippen MR) is 43.1 cm³/mol. The molecule has 2 rings (SSSR count). The van der Waals surface area contributed by atoms with E-state index < -0.39 is 16.7 Å². The third kappa shape index (κ3) is 0.972. The van der Waals surface area contributed by atoms with Crippen LogP contribution in [0.2, 0.25) is 0 Å². The second kappa shape index (κ2) is 2.63. The van der Waals surface area contributed by atoms with E-state index in [1.807, 2.05) is 0 Å². The van der Waals surface area contributed by atoms with Crippen molar-refractivity contribution < 1.29 is 19.2 Å². The van der Waals surface area contributed by atoms with Gasteiger partial charge in [-0.1, -0.05) is 6.07 Å². The number of Topliss-reactive ketones (excluding diaryl/α,β-unsaturated/α-hetero) is 1. The predicted octanol–water partition coefficient (Wildman–Crippen LogP) is 0.696. The fraction of sp³-hybridized carbons (Fsp3) is 0. The summed E-state index contributed by atoms with van der Waals surface area (Å²) in [5.74, 6) is -2.18. The maximum absolute atomic E-state index is 11.1. The minimum atomic E-state index is -1.07. The summed E-state index contributed by atoms with van der Waals surface area (Å²) in [4.78, 5) is 31.7. The molecule has 0 bridgehead atoms. The fourth-order valence-electron chi connectivity index (χ4n) is 1.20. The Bertz CT molecular complexity index is 465. The van der Waals surface area contributed by atoms with Crippen LogP contribution >= 0.6 is 0 Å². The summed E-state index contributed by atoms with van der Waals surface area (Å²) < 4.78 is 4.48. The van der Waals surface area contributed by atoms with E-state index in [1.54, 1.807) is 0 Å². The zero-order valence-electron chi connectivity index (χ0n) is 6.72. The van der Waals surface area contributed by atoms with E-state index in [1.165, 1.54) is 18.2 Å². The molecule has 0 spiro atoms. The van der Waals surface area contributed by atoms with Crippen molar-refractivity contribution in [3.05, 3.63) is 33.9 Å². The summed E-state index contributed by atoms with van der Waals surface area (Å²) in [7, 11) is 0. The molecule has 1 aliphatic heterocycles. The highest BCUT2D eigenvalue weighted by Gasteiger charge is 2.36. The van der Waals surface area contributed by atoms with Gasteiger partial charge in [-0.05, 0) is 6.07 Å². The number of fused-ring (bicyclic) bond motifs is 1. The number of nitro benzene ring substituents is 1. The Morgan fingerprint density at radius 2 is 2.00 bits per heavy atom. The summed E-state index contributed by atoms with van der Waals surface area (Å²) in [5.41, 5.74) is -0.425. The number of para-hydroxylation sites is 1. The van der Waals surface area contributed by atoms with Gasteiger partial charge >= 0.3 is 11.7 Å². The molecule has 0 aliphatic carbocycles. The second-order valence-electron chi connectivity index (χ2n) is 2.63. The average molecular weight is 193 g/mol. The number of nitrogens with zero attached hydrogens (tertiary/aromatic N) is 1. The number of hydrogen-bond acceptors (Lipinski definition) is 5. The second-order valence-corrected chi connectivity index (χ2v) is 2.63.